The van der Waals surface area contributed by atoms with Crippen LogP contribution in [0.2, 0.25) is 0 Å². The molecule has 1 heterocycles. The second-order valence-corrected chi connectivity index (χ2v) is 12.1. The molecule has 0 aliphatic rings. The molecule has 3 aromatic carbocycles. The zero-order valence-corrected chi connectivity index (χ0v) is 22.8. The molecule has 0 spiro atoms. The number of carbonyl (C=O) groups is 1. The molecule has 0 atom stereocenters. The summed E-state index contributed by atoms with van der Waals surface area (Å²) in [5.74, 6) is -0.340. The minimum absolute atomic E-state index is 0.0454. The van der Waals surface area contributed by atoms with Crippen LogP contribution in [-0.4, -0.2) is 31.0 Å². The molecule has 0 amide bonds. The van der Waals surface area contributed by atoms with Gasteiger partial charge in [0.05, 0.1) is 27.9 Å². The topological polar surface area (TPSA) is 109 Å². The van der Waals surface area contributed by atoms with Gasteiger partial charge in [0.1, 0.15) is 4.90 Å². The number of nitrogens with zero attached hydrogens (tertiary/aromatic N) is 2. The predicted molar refractivity (Wildman–Crippen MR) is 145 cm³/mol. The van der Waals surface area contributed by atoms with Gasteiger partial charge in [-0.2, -0.15) is 0 Å². The summed E-state index contributed by atoms with van der Waals surface area (Å²) in [4.78, 5) is 23.8. The molecule has 198 valence electrons. The van der Waals surface area contributed by atoms with E-state index in [0.29, 0.717) is 22.3 Å². The zero-order valence-electron chi connectivity index (χ0n) is 22.0. The molecule has 0 N–H and O–H groups in total. The Bertz CT molecular complexity index is 1620. The SMILES string of the molecule is COC(=O)C(C)(C)Cc1c(S(=O)(=O)c2ccccc2)c2cc(C(C)C)ccc2n1-c1ccc([N+](=O)[O-])cc1. The number of methoxy groups -OCH3 is 1. The van der Waals surface area contributed by atoms with Gasteiger partial charge >= 0.3 is 5.97 Å². The maximum atomic E-state index is 14.2. The fraction of sp³-hybridized carbons (Fsp3) is 0.276. The van der Waals surface area contributed by atoms with Crippen LogP contribution in [0.1, 0.15) is 44.9 Å². The second-order valence-electron chi connectivity index (χ2n) is 10.2. The van der Waals surface area contributed by atoms with Gasteiger partial charge in [-0.25, -0.2) is 8.42 Å². The van der Waals surface area contributed by atoms with Gasteiger partial charge in [0.2, 0.25) is 9.84 Å². The first-order valence-electron chi connectivity index (χ1n) is 12.2. The highest BCUT2D eigenvalue weighted by Gasteiger charge is 2.36. The van der Waals surface area contributed by atoms with Gasteiger partial charge in [0.25, 0.3) is 5.69 Å². The third-order valence-corrected chi connectivity index (χ3v) is 8.58. The predicted octanol–water partition coefficient (Wildman–Crippen LogP) is 6.24. The van der Waals surface area contributed by atoms with E-state index in [-0.39, 0.29) is 27.8 Å². The van der Waals surface area contributed by atoms with Crippen molar-refractivity contribution in [3.8, 4) is 5.69 Å². The molecule has 8 nitrogen and oxygen atoms in total. The first-order chi connectivity index (χ1) is 17.9. The van der Waals surface area contributed by atoms with Crippen molar-refractivity contribution in [3.63, 3.8) is 0 Å². The van der Waals surface area contributed by atoms with Crippen LogP contribution in [0.15, 0.2) is 82.6 Å². The Balaban J connectivity index is 2.15. The van der Waals surface area contributed by atoms with Crippen LogP contribution >= 0.6 is 0 Å². The molecule has 0 bridgehead atoms. The van der Waals surface area contributed by atoms with E-state index in [0.717, 1.165) is 5.56 Å². The Morgan fingerprint density at radius 3 is 2.21 bits per heavy atom. The Morgan fingerprint density at radius 2 is 1.66 bits per heavy atom. The van der Waals surface area contributed by atoms with Crippen molar-refractivity contribution >= 4 is 32.4 Å². The van der Waals surface area contributed by atoms with Gasteiger partial charge in [-0.1, -0.05) is 38.1 Å². The number of carbonyl (C=O) groups excluding carboxylic acids is 1. The number of nitro benzene ring substituents is 1. The molecule has 9 heteroatoms. The minimum atomic E-state index is -4.03. The highest BCUT2D eigenvalue weighted by atomic mass is 32.2. The van der Waals surface area contributed by atoms with Gasteiger partial charge in [0.15, 0.2) is 0 Å². The van der Waals surface area contributed by atoms with E-state index in [4.69, 9.17) is 4.74 Å². The Kier molecular flexibility index (Phi) is 7.16. The van der Waals surface area contributed by atoms with Gasteiger partial charge in [0, 0.05) is 35.3 Å². The zero-order chi connectivity index (χ0) is 27.8. The Hall–Kier alpha value is -3.98. The maximum Gasteiger partial charge on any atom is 0.311 e. The number of rotatable bonds is 8. The Morgan fingerprint density at radius 1 is 1.03 bits per heavy atom. The lowest BCUT2D eigenvalue weighted by Crippen LogP contribution is -2.29. The number of non-ortho nitro benzene ring substituents is 1. The van der Waals surface area contributed by atoms with Crippen LogP contribution in [-0.2, 0) is 25.8 Å². The molecule has 1 aromatic heterocycles. The monoisotopic (exact) mass is 534 g/mol. The summed E-state index contributed by atoms with van der Waals surface area (Å²) < 4.78 is 35.3. The van der Waals surface area contributed by atoms with Gasteiger partial charge in [-0.15, -0.1) is 0 Å². The normalized spacial score (nSPS) is 12.2. The minimum Gasteiger partial charge on any atom is -0.469 e. The maximum absolute atomic E-state index is 14.2. The summed E-state index contributed by atoms with van der Waals surface area (Å²) in [5, 5.41) is 11.8. The van der Waals surface area contributed by atoms with Crippen molar-refractivity contribution < 1.29 is 22.9 Å². The lowest BCUT2D eigenvalue weighted by molar-refractivity contribution is -0.384. The Labute approximate surface area is 221 Å². The van der Waals surface area contributed by atoms with E-state index in [2.05, 4.69) is 0 Å². The second kappa shape index (κ2) is 10.1. The molecular formula is C29H30N2O6S. The molecule has 0 radical (unpaired) electrons. The number of ether oxygens (including phenoxy) is 1. The molecule has 0 saturated carbocycles. The van der Waals surface area contributed by atoms with Crippen LogP contribution in [0.4, 0.5) is 5.69 Å². The summed E-state index contributed by atoms with van der Waals surface area (Å²) in [7, 11) is -2.74. The van der Waals surface area contributed by atoms with Crippen LogP contribution < -0.4 is 0 Å². The van der Waals surface area contributed by atoms with E-state index < -0.39 is 26.1 Å². The molecule has 4 rings (SSSR count). The first-order valence-corrected chi connectivity index (χ1v) is 13.7. The number of fused-ring (bicyclic) bond motifs is 1. The van der Waals surface area contributed by atoms with Crippen molar-refractivity contribution in [1.29, 1.82) is 0 Å². The van der Waals surface area contributed by atoms with Crippen molar-refractivity contribution in [2.24, 2.45) is 5.41 Å². The van der Waals surface area contributed by atoms with Crippen molar-refractivity contribution in [3.05, 3.63) is 94.2 Å². The van der Waals surface area contributed by atoms with E-state index in [1.54, 1.807) is 60.9 Å². The fourth-order valence-electron chi connectivity index (χ4n) is 4.65. The number of esters is 1. The average Bonchev–Trinajstić information content (AvgIpc) is 3.21. The largest absolute Gasteiger partial charge is 0.469 e. The molecule has 0 aliphatic carbocycles. The third-order valence-electron chi connectivity index (χ3n) is 6.69. The van der Waals surface area contributed by atoms with E-state index in [1.165, 1.54) is 19.2 Å². The van der Waals surface area contributed by atoms with E-state index >= 15 is 0 Å². The summed E-state index contributed by atoms with van der Waals surface area (Å²) in [6, 6.07) is 19.8. The van der Waals surface area contributed by atoms with E-state index in [1.807, 2.05) is 32.0 Å². The van der Waals surface area contributed by atoms with Gasteiger partial charge in [-0.3, -0.25) is 14.9 Å². The number of hydrogen-bond donors (Lipinski definition) is 0. The molecule has 38 heavy (non-hydrogen) atoms. The molecule has 0 aliphatic heterocycles. The molecule has 0 fully saturated rings. The molecular weight excluding hydrogens is 504 g/mol. The summed E-state index contributed by atoms with van der Waals surface area (Å²) >= 11 is 0. The number of sulfone groups is 1. The number of aromatic nitrogens is 1. The number of nitro groups is 1. The average molecular weight is 535 g/mol. The molecule has 0 saturated heterocycles. The first kappa shape index (κ1) is 27.1. The summed E-state index contributed by atoms with van der Waals surface area (Å²) in [5.41, 5.74) is 1.37. The van der Waals surface area contributed by atoms with Gasteiger partial charge in [-0.05, 0) is 61.7 Å². The van der Waals surface area contributed by atoms with Crippen LogP contribution in [0.3, 0.4) is 0 Å². The quantitative estimate of drug-likeness (QED) is 0.150. The van der Waals surface area contributed by atoms with Crippen LogP contribution in [0, 0.1) is 15.5 Å². The lowest BCUT2D eigenvalue weighted by Gasteiger charge is -2.23. The van der Waals surface area contributed by atoms with E-state index in [9.17, 15) is 23.3 Å². The van der Waals surface area contributed by atoms with Crippen LogP contribution in [0.25, 0.3) is 16.6 Å². The summed E-state index contributed by atoms with van der Waals surface area (Å²) in [6.45, 7) is 7.46. The summed E-state index contributed by atoms with van der Waals surface area (Å²) in [6.07, 6.45) is 0.0454. The molecule has 4 aromatic rings. The smallest absolute Gasteiger partial charge is 0.311 e. The molecule has 0 unspecified atom stereocenters. The number of benzene rings is 3. The third kappa shape index (κ3) is 4.81. The van der Waals surface area contributed by atoms with Crippen molar-refractivity contribution in [1.82, 2.24) is 4.57 Å². The standard InChI is InChI=1S/C29H30N2O6S/c1-19(2)20-11-16-25-24(17-20)27(38(35,36)23-9-7-6-8-10-23)26(18-29(3,4)28(32)37-5)30(25)21-12-14-22(15-13-21)31(33)34/h6-17,19H,18H2,1-5H3. The highest BCUT2D eigenvalue weighted by Crippen LogP contribution is 2.40. The van der Waals surface area contributed by atoms with Crippen LogP contribution in [0.5, 0.6) is 0 Å². The number of hydrogen-bond acceptors (Lipinski definition) is 6. The lowest BCUT2D eigenvalue weighted by atomic mass is 9.87. The van der Waals surface area contributed by atoms with Gasteiger partial charge < -0.3 is 9.30 Å². The van der Waals surface area contributed by atoms with Crippen molar-refractivity contribution in [2.45, 2.75) is 49.8 Å². The fourth-order valence-corrected chi connectivity index (χ4v) is 6.33. The highest BCUT2D eigenvalue weighted by molar-refractivity contribution is 7.91. The van der Waals surface area contributed by atoms with Crippen molar-refractivity contribution in [2.75, 3.05) is 7.11 Å².